The predicted molar refractivity (Wildman–Crippen MR) is 86.1 cm³/mol. The summed E-state index contributed by atoms with van der Waals surface area (Å²) in [5.41, 5.74) is 0.213. The van der Waals surface area contributed by atoms with Gasteiger partial charge >= 0.3 is 18.2 Å². The van der Waals surface area contributed by atoms with Crippen molar-refractivity contribution in [1.29, 1.82) is 0 Å². The number of carbonyl (C=O) groups excluding carboxylic acids is 2. The fourth-order valence-electron chi connectivity index (χ4n) is 2.65. The van der Waals surface area contributed by atoms with Gasteiger partial charge in [-0.2, -0.15) is 13.2 Å². The number of anilines is 1. The van der Waals surface area contributed by atoms with Gasteiger partial charge in [0.05, 0.1) is 22.5 Å². The van der Waals surface area contributed by atoms with Crippen LogP contribution in [0, 0.1) is 11.8 Å². The fraction of sp³-hybridized carbons (Fsp3) is 0.400. The van der Waals surface area contributed by atoms with Crippen LogP contribution in [-0.4, -0.2) is 54.2 Å². The maximum atomic E-state index is 13.0. The van der Waals surface area contributed by atoms with E-state index in [4.69, 9.17) is 16.7 Å². The Balaban J connectivity index is 2.18. The average Bonchev–Trinajstić information content (AvgIpc) is 3.02. The summed E-state index contributed by atoms with van der Waals surface area (Å²) in [5.74, 6) is -5.96. The number of nitrogens with zero attached hydrogens (tertiary/aromatic N) is 1. The van der Waals surface area contributed by atoms with Crippen molar-refractivity contribution in [3.8, 4) is 0 Å². The SMILES string of the molecule is CNC(=O)c1ccc(Cl)c(NC(=O)N2C[C@@H](C(F)(F)F)[C@H](C(=O)O)C2)c1. The van der Waals surface area contributed by atoms with Crippen LogP contribution in [-0.2, 0) is 4.79 Å². The molecule has 0 spiro atoms. The maximum absolute atomic E-state index is 13.0. The largest absolute Gasteiger partial charge is 0.481 e. The Hall–Kier alpha value is -2.49. The van der Waals surface area contributed by atoms with Crippen LogP contribution >= 0.6 is 11.6 Å². The molecule has 1 aromatic carbocycles. The Morgan fingerprint density at radius 1 is 1.27 bits per heavy atom. The number of rotatable bonds is 3. The topological polar surface area (TPSA) is 98.7 Å². The molecule has 2 atom stereocenters. The van der Waals surface area contributed by atoms with Crippen LogP contribution in [0.1, 0.15) is 10.4 Å². The minimum atomic E-state index is -4.74. The summed E-state index contributed by atoms with van der Waals surface area (Å²) in [7, 11) is 1.41. The van der Waals surface area contributed by atoms with Crippen molar-refractivity contribution in [2.24, 2.45) is 11.8 Å². The van der Waals surface area contributed by atoms with E-state index in [9.17, 15) is 27.6 Å². The molecule has 1 aliphatic heterocycles. The molecule has 2 rings (SSSR count). The predicted octanol–water partition coefficient (Wildman–Crippen LogP) is 2.43. The molecule has 0 aliphatic carbocycles. The van der Waals surface area contributed by atoms with Crippen LogP contribution in [0.25, 0.3) is 0 Å². The zero-order valence-electron chi connectivity index (χ0n) is 13.4. The van der Waals surface area contributed by atoms with Crippen molar-refractivity contribution < 1.29 is 32.7 Å². The molecule has 0 bridgehead atoms. The summed E-state index contributed by atoms with van der Waals surface area (Å²) < 4.78 is 39.0. The van der Waals surface area contributed by atoms with Gasteiger partial charge in [0.1, 0.15) is 0 Å². The molecule has 1 aromatic rings. The van der Waals surface area contributed by atoms with Crippen LogP contribution in [0.2, 0.25) is 5.02 Å². The number of nitrogens with one attached hydrogen (secondary N) is 2. The second-order valence-corrected chi connectivity index (χ2v) is 6.11. The van der Waals surface area contributed by atoms with Crippen molar-refractivity contribution in [1.82, 2.24) is 10.2 Å². The first-order valence-electron chi connectivity index (χ1n) is 7.41. The lowest BCUT2D eigenvalue weighted by molar-refractivity contribution is -0.187. The highest BCUT2D eigenvalue weighted by atomic mass is 35.5. The van der Waals surface area contributed by atoms with Gasteiger partial charge in [-0.3, -0.25) is 9.59 Å². The number of aliphatic carboxylic acids is 1. The second-order valence-electron chi connectivity index (χ2n) is 5.70. The molecular formula is C15H15ClF3N3O4. The third kappa shape index (κ3) is 4.18. The number of hydrogen-bond acceptors (Lipinski definition) is 3. The van der Waals surface area contributed by atoms with E-state index in [0.29, 0.717) is 0 Å². The summed E-state index contributed by atoms with van der Waals surface area (Å²) in [6.07, 6.45) is -4.74. The zero-order chi connectivity index (χ0) is 19.6. The molecular weight excluding hydrogens is 379 g/mol. The van der Waals surface area contributed by atoms with E-state index in [0.717, 1.165) is 4.90 Å². The molecule has 1 fully saturated rings. The highest BCUT2D eigenvalue weighted by molar-refractivity contribution is 6.33. The molecule has 26 heavy (non-hydrogen) atoms. The van der Waals surface area contributed by atoms with E-state index in [1.54, 1.807) is 0 Å². The van der Waals surface area contributed by atoms with Gasteiger partial charge in [0.25, 0.3) is 5.91 Å². The number of carbonyl (C=O) groups is 3. The standard InChI is InChI=1S/C15H15ClF3N3O4/c1-20-12(23)7-2-3-10(16)11(4-7)21-14(26)22-5-8(13(24)25)9(6-22)15(17,18)19/h2-4,8-9H,5-6H2,1H3,(H,20,23)(H,21,26)(H,24,25)/t8-,9-/m1/s1. The summed E-state index contributed by atoms with van der Waals surface area (Å²) in [5, 5.41) is 13.8. The minimum absolute atomic E-state index is 0.0279. The number of benzene rings is 1. The zero-order valence-corrected chi connectivity index (χ0v) is 14.2. The first-order valence-corrected chi connectivity index (χ1v) is 7.79. The number of carboxylic acid groups (broad SMARTS) is 1. The Kier molecular flexibility index (Phi) is 5.65. The van der Waals surface area contributed by atoms with E-state index < -0.39 is 49.0 Å². The van der Waals surface area contributed by atoms with E-state index in [1.807, 2.05) is 0 Å². The average molecular weight is 394 g/mol. The molecule has 0 unspecified atom stereocenters. The fourth-order valence-corrected chi connectivity index (χ4v) is 2.82. The number of urea groups is 1. The van der Waals surface area contributed by atoms with Crippen LogP contribution in [0.4, 0.5) is 23.7 Å². The first kappa shape index (κ1) is 19.8. The summed E-state index contributed by atoms with van der Waals surface area (Å²) >= 11 is 5.94. The molecule has 142 valence electrons. The molecule has 3 amide bonds. The number of amides is 3. The monoisotopic (exact) mass is 393 g/mol. The summed E-state index contributed by atoms with van der Waals surface area (Å²) in [6, 6.07) is 3.10. The van der Waals surface area contributed by atoms with Crippen molar-refractivity contribution in [2.45, 2.75) is 6.18 Å². The molecule has 3 N–H and O–H groups in total. The van der Waals surface area contributed by atoms with Crippen LogP contribution in [0.5, 0.6) is 0 Å². The van der Waals surface area contributed by atoms with Gasteiger partial charge in [0, 0.05) is 25.7 Å². The molecule has 1 aliphatic rings. The van der Waals surface area contributed by atoms with Crippen molar-refractivity contribution in [2.75, 3.05) is 25.5 Å². The Morgan fingerprint density at radius 2 is 1.92 bits per heavy atom. The lowest BCUT2D eigenvalue weighted by atomic mass is 9.96. The van der Waals surface area contributed by atoms with E-state index >= 15 is 0 Å². The molecule has 0 saturated carbocycles. The highest BCUT2D eigenvalue weighted by Crippen LogP contribution is 2.38. The summed E-state index contributed by atoms with van der Waals surface area (Å²) in [4.78, 5) is 35.7. The Labute approximate surface area is 151 Å². The summed E-state index contributed by atoms with van der Waals surface area (Å²) in [6.45, 7) is -1.36. The van der Waals surface area contributed by atoms with E-state index in [2.05, 4.69) is 10.6 Å². The normalized spacial score (nSPS) is 20.0. The van der Waals surface area contributed by atoms with Crippen molar-refractivity contribution >= 4 is 35.2 Å². The van der Waals surface area contributed by atoms with Gasteiger partial charge < -0.3 is 20.6 Å². The highest BCUT2D eigenvalue weighted by Gasteiger charge is 2.53. The third-order valence-electron chi connectivity index (χ3n) is 4.04. The smallest absolute Gasteiger partial charge is 0.394 e. The number of carboxylic acids is 1. The molecule has 0 aromatic heterocycles. The van der Waals surface area contributed by atoms with Gasteiger partial charge in [0.2, 0.25) is 0 Å². The third-order valence-corrected chi connectivity index (χ3v) is 4.37. The van der Waals surface area contributed by atoms with Crippen molar-refractivity contribution in [3.63, 3.8) is 0 Å². The van der Waals surface area contributed by atoms with Gasteiger partial charge in [-0.05, 0) is 18.2 Å². The van der Waals surface area contributed by atoms with Gasteiger partial charge in [-0.25, -0.2) is 4.79 Å². The van der Waals surface area contributed by atoms with Crippen LogP contribution in [0.15, 0.2) is 18.2 Å². The van der Waals surface area contributed by atoms with Crippen LogP contribution in [0.3, 0.4) is 0 Å². The van der Waals surface area contributed by atoms with E-state index in [1.165, 1.54) is 25.2 Å². The molecule has 0 radical (unpaired) electrons. The number of hydrogen-bond donors (Lipinski definition) is 3. The van der Waals surface area contributed by atoms with Crippen LogP contribution < -0.4 is 10.6 Å². The van der Waals surface area contributed by atoms with Crippen molar-refractivity contribution in [3.05, 3.63) is 28.8 Å². The van der Waals surface area contributed by atoms with E-state index in [-0.39, 0.29) is 16.3 Å². The number of alkyl halides is 3. The molecule has 7 nitrogen and oxygen atoms in total. The van der Waals surface area contributed by atoms with Gasteiger partial charge in [-0.15, -0.1) is 0 Å². The Morgan fingerprint density at radius 3 is 2.42 bits per heavy atom. The number of halogens is 4. The van der Waals surface area contributed by atoms with Gasteiger partial charge in [-0.1, -0.05) is 11.6 Å². The first-order chi connectivity index (χ1) is 12.0. The second kappa shape index (κ2) is 7.40. The minimum Gasteiger partial charge on any atom is -0.481 e. The lowest BCUT2D eigenvalue weighted by Crippen LogP contribution is -2.35. The number of likely N-dealkylation sites (tertiary alicyclic amines) is 1. The lowest BCUT2D eigenvalue weighted by Gasteiger charge is -2.19. The molecule has 1 saturated heterocycles. The maximum Gasteiger partial charge on any atom is 0.394 e. The Bertz CT molecular complexity index is 741. The van der Waals surface area contributed by atoms with Gasteiger partial charge in [0.15, 0.2) is 0 Å². The molecule has 1 heterocycles. The quantitative estimate of drug-likeness (QED) is 0.734. The molecule has 11 heteroatoms.